The van der Waals surface area contributed by atoms with Gasteiger partial charge in [-0.15, -0.1) is 0 Å². The molecule has 1 aliphatic heterocycles. The number of para-hydroxylation sites is 1. The molecule has 2 aliphatic rings. The fourth-order valence-corrected chi connectivity index (χ4v) is 5.40. The van der Waals surface area contributed by atoms with Crippen molar-refractivity contribution in [3.8, 4) is 22.8 Å². The predicted molar refractivity (Wildman–Crippen MR) is 136 cm³/mol. The van der Waals surface area contributed by atoms with Gasteiger partial charge in [0.1, 0.15) is 5.82 Å². The summed E-state index contributed by atoms with van der Waals surface area (Å²) in [5.74, 6) is 2.82. The van der Waals surface area contributed by atoms with Gasteiger partial charge in [-0.25, -0.2) is 4.98 Å². The molecule has 2 aromatic carbocycles. The van der Waals surface area contributed by atoms with E-state index in [0.717, 1.165) is 59.0 Å². The number of fused-ring (bicyclic) bond motifs is 5. The van der Waals surface area contributed by atoms with Crippen LogP contribution in [0.2, 0.25) is 0 Å². The van der Waals surface area contributed by atoms with Gasteiger partial charge in [-0.2, -0.15) is 9.61 Å². The average molecular weight is 466 g/mol. The van der Waals surface area contributed by atoms with Crippen molar-refractivity contribution in [2.45, 2.75) is 45.1 Å². The number of nitrogens with zero attached hydrogens (tertiary/aromatic N) is 3. The van der Waals surface area contributed by atoms with Gasteiger partial charge in [-0.3, -0.25) is 0 Å². The molecule has 0 fully saturated rings. The topological polar surface area (TPSA) is 76.5 Å². The Labute approximate surface area is 203 Å². The minimum Gasteiger partial charge on any atom is -0.454 e. The highest BCUT2D eigenvalue weighted by Crippen LogP contribution is 2.37. The van der Waals surface area contributed by atoms with Crippen molar-refractivity contribution in [1.29, 1.82) is 0 Å². The molecule has 5 aromatic rings. The summed E-state index contributed by atoms with van der Waals surface area (Å²) in [6.07, 6.45) is 5.00. The monoisotopic (exact) mass is 465 g/mol. The van der Waals surface area contributed by atoms with Crippen molar-refractivity contribution >= 4 is 22.4 Å². The van der Waals surface area contributed by atoms with E-state index in [1.807, 2.05) is 28.9 Å². The van der Waals surface area contributed by atoms with Gasteiger partial charge in [0.05, 0.1) is 11.9 Å². The number of H-pyrrole nitrogens is 1. The number of aromatic amines is 1. The highest BCUT2D eigenvalue weighted by molar-refractivity contribution is 5.85. The van der Waals surface area contributed by atoms with Crippen LogP contribution in [-0.4, -0.2) is 32.4 Å². The second kappa shape index (κ2) is 7.77. The first-order chi connectivity index (χ1) is 17.1. The third kappa shape index (κ3) is 3.33. The summed E-state index contributed by atoms with van der Waals surface area (Å²) in [6, 6.07) is 17.0. The molecule has 2 N–H and O–H groups in total. The van der Waals surface area contributed by atoms with Crippen molar-refractivity contribution in [2.75, 3.05) is 12.1 Å². The molecule has 35 heavy (non-hydrogen) atoms. The Hall–Kier alpha value is -4.00. The van der Waals surface area contributed by atoms with E-state index in [0.29, 0.717) is 12.0 Å². The minimum atomic E-state index is 0.260. The molecule has 1 unspecified atom stereocenters. The van der Waals surface area contributed by atoms with E-state index >= 15 is 0 Å². The van der Waals surface area contributed by atoms with Crippen LogP contribution in [0, 0.1) is 0 Å². The lowest BCUT2D eigenvalue weighted by Gasteiger charge is -2.25. The Morgan fingerprint density at radius 2 is 1.97 bits per heavy atom. The molecule has 0 radical (unpaired) electrons. The Morgan fingerprint density at radius 1 is 1.09 bits per heavy atom. The van der Waals surface area contributed by atoms with E-state index in [2.05, 4.69) is 54.5 Å². The summed E-state index contributed by atoms with van der Waals surface area (Å²) < 4.78 is 13.1. The summed E-state index contributed by atoms with van der Waals surface area (Å²) in [5, 5.41) is 9.88. The van der Waals surface area contributed by atoms with Crippen LogP contribution in [0.4, 0.5) is 5.82 Å². The third-order valence-corrected chi connectivity index (χ3v) is 7.24. The van der Waals surface area contributed by atoms with E-state index in [-0.39, 0.29) is 6.79 Å². The zero-order chi connectivity index (χ0) is 23.5. The van der Waals surface area contributed by atoms with Crippen LogP contribution in [0.3, 0.4) is 0 Å². The summed E-state index contributed by atoms with van der Waals surface area (Å²) in [6.45, 7) is 4.62. The Balaban J connectivity index is 1.29. The van der Waals surface area contributed by atoms with Crippen LogP contribution in [0.25, 0.3) is 27.8 Å². The lowest BCUT2D eigenvalue weighted by molar-refractivity contribution is 0.174. The quantitative estimate of drug-likeness (QED) is 0.356. The molecule has 0 amide bonds. The highest BCUT2D eigenvalue weighted by atomic mass is 16.7. The van der Waals surface area contributed by atoms with Crippen molar-refractivity contribution < 1.29 is 9.47 Å². The molecule has 0 saturated carbocycles. The number of hydrogen-bond acceptors (Lipinski definition) is 5. The molecule has 0 bridgehead atoms. The second-order valence-corrected chi connectivity index (χ2v) is 9.80. The Bertz CT molecular complexity index is 1580. The molecular formula is C28H27N5O2. The maximum Gasteiger partial charge on any atom is 0.231 e. The van der Waals surface area contributed by atoms with Crippen molar-refractivity contribution in [3.05, 3.63) is 71.5 Å². The van der Waals surface area contributed by atoms with Gasteiger partial charge in [0, 0.05) is 39.8 Å². The van der Waals surface area contributed by atoms with Gasteiger partial charge in [0.2, 0.25) is 6.79 Å². The standard InChI is InChI=1S/C28H27N5O2/c1-16(2)21-14-29-33-27(13-24(32-28(21)33)17-7-10-25-26(11-17)35-15-34-25)30-18-8-9-23-20(12-18)19-5-3-4-6-22(19)31-23/h3-7,10-11,13-14,16,18,30-31H,8-9,12,15H2,1-2H3. The van der Waals surface area contributed by atoms with Crippen molar-refractivity contribution in [1.82, 2.24) is 19.6 Å². The van der Waals surface area contributed by atoms with Gasteiger partial charge in [0.15, 0.2) is 17.1 Å². The fraction of sp³-hybridized carbons (Fsp3) is 0.286. The lowest BCUT2D eigenvalue weighted by atomic mass is 9.91. The second-order valence-electron chi connectivity index (χ2n) is 9.80. The summed E-state index contributed by atoms with van der Waals surface area (Å²) in [5.41, 5.74) is 7.94. The summed E-state index contributed by atoms with van der Waals surface area (Å²) >= 11 is 0. The van der Waals surface area contributed by atoms with Gasteiger partial charge in [0.25, 0.3) is 0 Å². The number of hydrogen-bond donors (Lipinski definition) is 2. The Morgan fingerprint density at radius 3 is 2.89 bits per heavy atom. The van der Waals surface area contributed by atoms with Gasteiger partial charge in [-0.05, 0) is 55.0 Å². The molecule has 0 spiro atoms. The molecule has 7 heteroatoms. The van der Waals surface area contributed by atoms with E-state index in [1.165, 1.54) is 22.2 Å². The first-order valence-corrected chi connectivity index (χ1v) is 12.3. The molecular weight excluding hydrogens is 438 g/mol. The van der Waals surface area contributed by atoms with Crippen LogP contribution in [0.1, 0.15) is 43.0 Å². The lowest BCUT2D eigenvalue weighted by Crippen LogP contribution is -2.28. The van der Waals surface area contributed by atoms with Gasteiger partial charge in [-0.1, -0.05) is 32.0 Å². The first-order valence-electron chi connectivity index (χ1n) is 12.3. The number of anilines is 1. The molecule has 3 aromatic heterocycles. The van der Waals surface area contributed by atoms with Crippen molar-refractivity contribution in [3.63, 3.8) is 0 Å². The van der Waals surface area contributed by atoms with Crippen LogP contribution in [-0.2, 0) is 12.8 Å². The zero-order valence-corrected chi connectivity index (χ0v) is 19.8. The van der Waals surface area contributed by atoms with E-state index in [4.69, 9.17) is 19.6 Å². The van der Waals surface area contributed by atoms with E-state index < -0.39 is 0 Å². The molecule has 4 heterocycles. The largest absolute Gasteiger partial charge is 0.454 e. The number of ether oxygens (including phenoxy) is 2. The normalized spacial score (nSPS) is 16.8. The van der Waals surface area contributed by atoms with Gasteiger partial charge >= 0.3 is 0 Å². The van der Waals surface area contributed by atoms with E-state index in [9.17, 15) is 0 Å². The number of nitrogens with one attached hydrogen (secondary N) is 2. The number of benzene rings is 2. The predicted octanol–water partition coefficient (Wildman–Crippen LogP) is 5.70. The summed E-state index contributed by atoms with van der Waals surface area (Å²) in [7, 11) is 0. The molecule has 176 valence electrons. The third-order valence-electron chi connectivity index (χ3n) is 7.24. The van der Waals surface area contributed by atoms with Crippen LogP contribution in [0.5, 0.6) is 11.5 Å². The van der Waals surface area contributed by atoms with E-state index in [1.54, 1.807) is 0 Å². The SMILES string of the molecule is CC(C)c1cnn2c(NC3CCc4[nH]c5ccccc5c4C3)cc(-c3ccc4c(c3)OCO4)nc12. The molecule has 1 aliphatic carbocycles. The Kier molecular flexibility index (Phi) is 4.52. The van der Waals surface area contributed by atoms with Crippen molar-refractivity contribution in [2.24, 2.45) is 0 Å². The fourth-order valence-electron chi connectivity index (χ4n) is 5.40. The first kappa shape index (κ1) is 20.4. The summed E-state index contributed by atoms with van der Waals surface area (Å²) in [4.78, 5) is 8.65. The number of aromatic nitrogens is 4. The number of aryl methyl sites for hydroxylation is 1. The molecule has 1 atom stereocenters. The highest BCUT2D eigenvalue weighted by Gasteiger charge is 2.24. The molecule has 0 saturated heterocycles. The maximum atomic E-state index is 5.62. The smallest absolute Gasteiger partial charge is 0.231 e. The maximum absolute atomic E-state index is 5.62. The molecule has 7 rings (SSSR count). The van der Waals surface area contributed by atoms with Crippen LogP contribution >= 0.6 is 0 Å². The zero-order valence-electron chi connectivity index (χ0n) is 19.8. The van der Waals surface area contributed by atoms with Crippen LogP contribution < -0.4 is 14.8 Å². The number of rotatable bonds is 4. The minimum absolute atomic E-state index is 0.260. The van der Waals surface area contributed by atoms with Gasteiger partial charge < -0.3 is 19.8 Å². The molecule has 7 nitrogen and oxygen atoms in total. The van der Waals surface area contributed by atoms with Crippen LogP contribution in [0.15, 0.2) is 54.7 Å². The average Bonchev–Trinajstić information content (AvgIpc) is 3.60.